The van der Waals surface area contributed by atoms with Gasteiger partial charge in [-0.15, -0.1) is 0 Å². The quantitative estimate of drug-likeness (QED) is 0.583. The molecule has 3 nitrogen and oxygen atoms in total. The summed E-state index contributed by atoms with van der Waals surface area (Å²) in [6.45, 7) is 7.77. The fourth-order valence-electron chi connectivity index (χ4n) is 1.82. The maximum Gasteiger partial charge on any atom is 0.213 e. The Morgan fingerprint density at radius 3 is 2.62 bits per heavy atom. The first-order valence-corrected chi connectivity index (χ1v) is 11.2. The molecule has 0 atom stereocenters. The number of rotatable bonds is 6. The van der Waals surface area contributed by atoms with Crippen molar-refractivity contribution < 1.29 is 4.74 Å². The summed E-state index contributed by atoms with van der Waals surface area (Å²) >= 11 is 5.79. The Hall–Kier alpha value is -1.39. The third kappa shape index (κ3) is 5.85. The molecule has 0 aromatic carbocycles. The monoisotopic (exact) mass is 320 g/mol. The van der Waals surface area contributed by atoms with Crippen LogP contribution in [0.25, 0.3) is 0 Å². The molecule has 0 saturated carbocycles. The minimum atomic E-state index is -1.06. The summed E-state index contributed by atoms with van der Waals surface area (Å²) < 4.78 is 5.77. The third-order valence-electron chi connectivity index (χ3n) is 3.06. The molecule has 0 aliphatic carbocycles. The SMILES string of the molecule is C[Si](C)(C)CCOc1cccc(Cc2ccc(Cl)nc2)n1. The number of aromatic nitrogens is 2. The number of halogens is 1. The highest BCUT2D eigenvalue weighted by Gasteiger charge is 2.12. The van der Waals surface area contributed by atoms with Gasteiger partial charge in [0.2, 0.25) is 5.88 Å². The fraction of sp³-hybridized carbons (Fsp3) is 0.375. The molecule has 2 aromatic rings. The lowest BCUT2D eigenvalue weighted by atomic mass is 10.1. The average molecular weight is 321 g/mol. The van der Waals surface area contributed by atoms with Crippen molar-refractivity contribution in [3.63, 3.8) is 0 Å². The second kappa shape index (κ2) is 7.05. The first-order chi connectivity index (χ1) is 9.92. The second-order valence-electron chi connectivity index (χ2n) is 6.29. The van der Waals surface area contributed by atoms with Crippen LogP contribution in [-0.4, -0.2) is 24.6 Å². The van der Waals surface area contributed by atoms with E-state index in [1.54, 1.807) is 12.3 Å². The Morgan fingerprint density at radius 2 is 1.95 bits per heavy atom. The summed E-state index contributed by atoms with van der Waals surface area (Å²) in [5.41, 5.74) is 2.07. The van der Waals surface area contributed by atoms with Crippen molar-refractivity contribution in [2.75, 3.05) is 6.61 Å². The van der Waals surface area contributed by atoms with Gasteiger partial charge in [-0.2, -0.15) is 0 Å². The maximum absolute atomic E-state index is 5.79. The zero-order valence-corrected chi connectivity index (χ0v) is 14.5. The van der Waals surface area contributed by atoms with Gasteiger partial charge < -0.3 is 4.74 Å². The molecule has 0 amide bonds. The van der Waals surface area contributed by atoms with Gasteiger partial charge in [0.1, 0.15) is 5.15 Å². The Bertz CT molecular complexity index is 582. The smallest absolute Gasteiger partial charge is 0.213 e. The largest absolute Gasteiger partial charge is 0.478 e. The predicted octanol–water partition coefficient (Wildman–Crippen LogP) is 4.44. The molecule has 0 spiro atoms. The minimum Gasteiger partial charge on any atom is -0.478 e. The molecule has 0 radical (unpaired) electrons. The first-order valence-electron chi connectivity index (χ1n) is 7.11. The van der Waals surface area contributed by atoms with E-state index in [0.29, 0.717) is 11.0 Å². The molecule has 0 aliphatic heterocycles. The normalized spacial score (nSPS) is 11.4. The zero-order valence-electron chi connectivity index (χ0n) is 12.8. The van der Waals surface area contributed by atoms with Crippen molar-refractivity contribution in [1.29, 1.82) is 0 Å². The van der Waals surface area contributed by atoms with Gasteiger partial charge >= 0.3 is 0 Å². The molecule has 112 valence electrons. The van der Waals surface area contributed by atoms with Gasteiger partial charge in [0.05, 0.1) is 6.61 Å². The van der Waals surface area contributed by atoms with E-state index in [4.69, 9.17) is 16.3 Å². The van der Waals surface area contributed by atoms with Crippen molar-refractivity contribution in [3.8, 4) is 5.88 Å². The van der Waals surface area contributed by atoms with Gasteiger partial charge in [0.25, 0.3) is 0 Å². The molecule has 2 aromatic heterocycles. The molecule has 0 N–H and O–H groups in total. The molecular weight excluding hydrogens is 300 g/mol. The summed E-state index contributed by atoms with van der Waals surface area (Å²) in [6.07, 6.45) is 2.51. The predicted molar refractivity (Wildman–Crippen MR) is 89.9 cm³/mol. The highest BCUT2D eigenvalue weighted by molar-refractivity contribution is 6.76. The summed E-state index contributed by atoms with van der Waals surface area (Å²) in [7, 11) is -1.06. The van der Waals surface area contributed by atoms with E-state index in [0.717, 1.165) is 30.3 Å². The first kappa shape index (κ1) is 16.0. The van der Waals surface area contributed by atoms with Gasteiger partial charge in [-0.1, -0.05) is 43.4 Å². The average Bonchev–Trinajstić information content (AvgIpc) is 2.40. The summed E-state index contributed by atoms with van der Waals surface area (Å²) in [5, 5.41) is 0.509. The van der Waals surface area contributed by atoms with Gasteiger partial charge in [-0.05, 0) is 23.7 Å². The highest BCUT2D eigenvalue weighted by atomic mass is 35.5. The summed E-state index contributed by atoms with van der Waals surface area (Å²) in [5.74, 6) is 0.702. The minimum absolute atomic E-state index is 0.509. The number of pyridine rings is 2. The molecule has 0 fully saturated rings. The molecule has 21 heavy (non-hydrogen) atoms. The van der Waals surface area contributed by atoms with E-state index in [1.807, 2.05) is 24.3 Å². The van der Waals surface area contributed by atoms with Crippen LogP contribution in [0.3, 0.4) is 0 Å². The van der Waals surface area contributed by atoms with Crippen LogP contribution in [0, 0.1) is 0 Å². The van der Waals surface area contributed by atoms with Crippen LogP contribution < -0.4 is 4.74 Å². The van der Waals surface area contributed by atoms with Crippen molar-refractivity contribution in [1.82, 2.24) is 9.97 Å². The Morgan fingerprint density at radius 1 is 1.14 bits per heavy atom. The van der Waals surface area contributed by atoms with E-state index in [1.165, 1.54) is 0 Å². The van der Waals surface area contributed by atoms with Crippen molar-refractivity contribution in [2.24, 2.45) is 0 Å². The van der Waals surface area contributed by atoms with Crippen molar-refractivity contribution >= 4 is 19.7 Å². The molecule has 5 heteroatoms. The van der Waals surface area contributed by atoms with Crippen LogP contribution in [0.4, 0.5) is 0 Å². The fourth-order valence-corrected chi connectivity index (χ4v) is 2.64. The van der Waals surface area contributed by atoms with Gasteiger partial charge in [0, 0.05) is 32.5 Å². The van der Waals surface area contributed by atoms with Crippen LogP contribution in [0.1, 0.15) is 11.3 Å². The van der Waals surface area contributed by atoms with E-state index in [9.17, 15) is 0 Å². The van der Waals surface area contributed by atoms with Crippen molar-refractivity contribution in [2.45, 2.75) is 32.1 Å². The maximum atomic E-state index is 5.79. The Kier molecular flexibility index (Phi) is 5.37. The molecular formula is C16H21ClN2OSi. The Balaban J connectivity index is 1.96. The van der Waals surface area contributed by atoms with E-state index >= 15 is 0 Å². The molecule has 2 rings (SSSR count). The van der Waals surface area contributed by atoms with Gasteiger partial charge in [0.15, 0.2) is 0 Å². The zero-order chi connectivity index (χ0) is 15.3. The summed E-state index contributed by atoms with van der Waals surface area (Å²) in [6, 6.07) is 10.8. The lowest BCUT2D eigenvalue weighted by Crippen LogP contribution is -2.22. The van der Waals surface area contributed by atoms with Crippen LogP contribution in [-0.2, 0) is 6.42 Å². The molecule has 2 heterocycles. The van der Waals surface area contributed by atoms with E-state index in [2.05, 4.69) is 29.6 Å². The lowest BCUT2D eigenvalue weighted by molar-refractivity contribution is 0.324. The van der Waals surface area contributed by atoms with Gasteiger partial charge in [-0.25, -0.2) is 9.97 Å². The molecule has 0 unspecified atom stereocenters. The Labute approximate surface area is 132 Å². The molecule has 0 aliphatic rings. The number of hydrogen-bond donors (Lipinski definition) is 0. The topological polar surface area (TPSA) is 35.0 Å². The summed E-state index contributed by atoms with van der Waals surface area (Å²) in [4.78, 5) is 8.63. The van der Waals surface area contributed by atoms with Crippen LogP contribution >= 0.6 is 11.6 Å². The standard InChI is InChI=1S/C16H21ClN2OSi/c1-21(2,3)10-9-20-16-6-4-5-14(19-16)11-13-7-8-15(17)18-12-13/h4-8,12H,9-11H2,1-3H3. The highest BCUT2D eigenvalue weighted by Crippen LogP contribution is 2.14. The molecule has 0 bridgehead atoms. The van der Waals surface area contributed by atoms with Crippen LogP contribution in [0.2, 0.25) is 30.8 Å². The second-order valence-corrected chi connectivity index (χ2v) is 12.3. The van der Waals surface area contributed by atoms with Gasteiger partial charge in [-0.3, -0.25) is 0 Å². The number of hydrogen-bond acceptors (Lipinski definition) is 3. The van der Waals surface area contributed by atoms with E-state index < -0.39 is 8.07 Å². The van der Waals surface area contributed by atoms with Crippen molar-refractivity contribution in [3.05, 3.63) is 52.9 Å². The van der Waals surface area contributed by atoms with Crippen LogP contribution in [0.5, 0.6) is 5.88 Å². The molecule has 0 saturated heterocycles. The lowest BCUT2D eigenvalue weighted by Gasteiger charge is -2.15. The van der Waals surface area contributed by atoms with Crippen LogP contribution in [0.15, 0.2) is 36.5 Å². The number of nitrogens with zero attached hydrogens (tertiary/aromatic N) is 2. The number of ether oxygens (including phenoxy) is 1. The van der Waals surface area contributed by atoms with E-state index in [-0.39, 0.29) is 0 Å². The third-order valence-corrected chi connectivity index (χ3v) is 4.98.